The predicted octanol–water partition coefficient (Wildman–Crippen LogP) is 4.30. The van der Waals surface area contributed by atoms with Crippen molar-refractivity contribution in [3.63, 3.8) is 0 Å². The fourth-order valence-electron chi connectivity index (χ4n) is 1.90. The van der Waals surface area contributed by atoms with Crippen LogP contribution < -0.4 is 5.32 Å². The van der Waals surface area contributed by atoms with E-state index in [1.54, 1.807) is 6.92 Å². The van der Waals surface area contributed by atoms with E-state index in [1.165, 1.54) is 0 Å². The number of para-hydroxylation sites is 1. The molecule has 0 fully saturated rings. The topological polar surface area (TPSA) is 55.1 Å². The van der Waals surface area contributed by atoms with Gasteiger partial charge in [0, 0.05) is 9.89 Å². The first kappa shape index (κ1) is 14.8. The fourth-order valence-corrected chi connectivity index (χ4v) is 2.28. The molecule has 2 aromatic rings. The molecule has 5 heteroatoms. The number of anilines is 1. The fraction of sp³-hybridized carbons (Fsp3) is 0.333. The summed E-state index contributed by atoms with van der Waals surface area (Å²) in [6, 6.07) is 7.47. The van der Waals surface area contributed by atoms with E-state index >= 15 is 0 Å². The average Bonchev–Trinajstić information content (AvgIpc) is 2.74. The van der Waals surface area contributed by atoms with Crippen molar-refractivity contribution >= 4 is 27.5 Å². The Morgan fingerprint density at radius 2 is 1.95 bits per heavy atom. The lowest BCUT2D eigenvalue weighted by Crippen LogP contribution is -2.21. The average molecular weight is 337 g/mol. The van der Waals surface area contributed by atoms with Crippen LogP contribution in [0.3, 0.4) is 0 Å². The molecule has 1 N–H and O–H groups in total. The molecule has 0 aliphatic carbocycles. The Balaban J connectivity index is 2.36. The number of hydrogen-bond donors (Lipinski definition) is 1. The van der Waals surface area contributed by atoms with Crippen LogP contribution in [0.5, 0.6) is 0 Å². The Morgan fingerprint density at radius 3 is 2.55 bits per heavy atom. The smallest absolute Gasteiger partial charge is 0.261 e. The van der Waals surface area contributed by atoms with E-state index in [2.05, 4.69) is 26.4 Å². The highest BCUT2D eigenvalue weighted by atomic mass is 79.9. The molecule has 0 unspecified atom stereocenters. The quantitative estimate of drug-likeness (QED) is 0.889. The molecule has 1 aromatic carbocycles. The van der Waals surface area contributed by atoms with Crippen LogP contribution in [0.15, 0.2) is 33.3 Å². The minimum atomic E-state index is -0.252. The van der Waals surface area contributed by atoms with Crippen LogP contribution in [0.25, 0.3) is 0 Å². The minimum Gasteiger partial charge on any atom is -0.361 e. The van der Waals surface area contributed by atoms with Gasteiger partial charge >= 0.3 is 0 Å². The van der Waals surface area contributed by atoms with Crippen LogP contribution in [0.1, 0.15) is 42.6 Å². The maximum Gasteiger partial charge on any atom is 0.261 e. The lowest BCUT2D eigenvalue weighted by atomic mass is 9.88. The number of rotatable bonds is 2. The van der Waals surface area contributed by atoms with Gasteiger partial charge in [-0.05, 0) is 35.0 Å². The summed E-state index contributed by atoms with van der Waals surface area (Å²) in [6.07, 6.45) is 0. The molecule has 0 bridgehead atoms. The molecule has 20 heavy (non-hydrogen) atoms. The molecule has 1 heterocycles. The van der Waals surface area contributed by atoms with Crippen molar-refractivity contribution in [3.8, 4) is 0 Å². The molecule has 2 rings (SSSR count). The van der Waals surface area contributed by atoms with Crippen molar-refractivity contribution < 1.29 is 9.32 Å². The third-order valence-corrected chi connectivity index (χ3v) is 3.61. The molecular formula is C15H17BrN2O2. The Labute approximate surface area is 126 Å². The summed E-state index contributed by atoms with van der Waals surface area (Å²) in [5.74, 6) is 0.319. The molecule has 106 valence electrons. The van der Waals surface area contributed by atoms with Crippen molar-refractivity contribution in [1.82, 2.24) is 5.16 Å². The number of benzene rings is 1. The summed E-state index contributed by atoms with van der Waals surface area (Å²) in [6.45, 7) is 7.75. The third kappa shape index (κ3) is 2.93. The number of nitrogens with zero attached hydrogens (tertiary/aromatic N) is 1. The van der Waals surface area contributed by atoms with Gasteiger partial charge in [-0.3, -0.25) is 4.79 Å². The highest BCUT2D eigenvalue weighted by molar-refractivity contribution is 9.10. The molecule has 4 nitrogen and oxygen atoms in total. The molecule has 0 saturated carbocycles. The number of halogens is 1. The van der Waals surface area contributed by atoms with Gasteiger partial charge < -0.3 is 9.84 Å². The van der Waals surface area contributed by atoms with E-state index in [9.17, 15) is 4.79 Å². The molecule has 0 spiro atoms. The maximum absolute atomic E-state index is 12.5. The zero-order chi connectivity index (χ0) is 14.9. The van der Waals surface area contributed by atoms with Crippen LogP contribution in [-0.4, -0.2) is 11.1 Å². The summed E-state index contributed by atoms with van der Waals surface area (Å²) in [5, 5.41) is 6.90. The summed E-state index contributed by atoms with van der Waals surface area (Å²) >= 11 is 3.41. The summed E-state index contributed by atoms with van der Waals surface area (Å²) in [5.41, 5.74) is 1.64. The zero-order valence-electron chi connectivity index (χ0n) is 12.0. The second-order valence-electron chi connectivity index (χ2n) is 5.65. The van der Waals surface area contributed by atoms with E-state index in [-0.39, 0.29) is 11.3 Å². The monoisotopic (exact) mass is 336 g/mol. The predicted molar refractivity (Wildman–Crippen MR) is 82.0 cm³/mol. The Bertz CT molecular complexity index is 642. The van der Waals surface area contributed by atoms with Crippen LogP contribution >= 0.6 is 15.9 Å². The van der Waals surface area contributed by atoms with E-state index in [0.717, 1.165) is 10.2 Å². The summed E-state index contributed by atoms with van der Waals surface area (Å²) < 4.78 is 6.02. The molecule has 0 aliphatic heterocycles. The first-order valence-electron chi connectivity index (χ1n) is 6.33. The Kier molecular flexibility index (Phi) is 3.99. The van der Waals surface area contributed by atoms with Crippen molar-refractivity contribution in [2.45, 2.75) is 33.1 Å². The van der Waals surface area contributed by atoms with Gasteiger partial charge in [-0.1, -0.05) is 38.1 Å². The van der Waals surface area contributed by atoms with Crippen LogP contribution in [-0.2, 0) is 5.41 Å². The molecular weight excluding hydrogens is 320 g/mol. The molecule has 0 radical (unpaired) electrons. The normalized spacial score (nSPS) is 11.4. The van der Waals surface area contributed by atoms with Gasteiger partial charge in [0.15, 0.2) is 0 Å². The molecule has 0 atom stereocenters. The lowest BCUT2D eigenvalue weighted by molar-refractivity contribution is 0.102. The van der Waals surface area contributed by atoms with Crippen LogP contribution in [0.2, 0.25) is 0 Å². The highest BCUT2D eigenvalue weighted by Gasteiger charge is 2.29. The largest absolute Gasteiger partial charge is 0.361 e. The van der Waals surface area contributed by atoms with Gasteiger partial charge in [-0.15, -0.1) is 0 Å². The van der Waals surface area contributed by atoms with Crippen molar-refractivity contribution in [3.05, 3.63) is 45.8 Å². The van der Waals surface area contributed by atoms with Gasteiger partial charge in [0.25, 0.3) is 5.91 Å². The number of nitrogens with one attached hydrogen (secondary N) is 1. The Morgan fingerprint density at radius 1 is 1.30 bits per heavy atom. The van der Waals surface area contributed by atoms with Gasteiger partial charge in [0.1, 0.15) is 17.0 Å². The zero-order valence-corrected chi connectivity index (χ0v) is 13.5. The number of hydrogen-bond acceptors (Lipinski definition) is 3. The van der Waals surface area contributed by atoms with Crippen LogP contribution in [0.4, 0.5) is 5.69 Å². The lowest BCUT2D eigenvalue weighted by Gasteiger charge is -2.16. The van der Waals surface area contributed by atoms with Gasteiger partial charge in [0.2, 0.25) is 0 Å². The number of carbonyl (C=O) groups excluding carboxylic acids is 1. The summed E-state index contributed by atoms with van der Waals surface area (Å²) in [7, 11) is 0. The number of amides is 1. The number of aromatic nitrogens is 1. The molecule has 0 aliphatic rings. The first-order chi connectivity index (χ1) is 9.30. The van der Waals surface area contributed by atoms with Gasteiger partial charge in [-0.2, -0.15) is 0 Å². The van der Waals surface area contributed by atoms with E-state index in [4.69, 9.17) is 4.52 Å². The van der Waals surface area contributed by atoms with Crippen molar-refractivity contribution in [2.24, 2.45) is 0 Å². The number of carbonyl (C=O) groups is 1. The van der Waals surface area contributed by atoms with Crippen molar-refractivity contribution in [2.75, 3.05) is 5.32 Å². The van der Waals surface area contributed by atoms with E-state index < -0.39 is 0 Å². The van der Waals surface area contributed by atoms with Crippen molar-refractivity contribution in [1.29, 1.82) is 0 Å². The summed E-state index contributed by atoms with van der Waals surface area (Å²) in [4.78, 5) is 12.5. The van der Waals surface area contributed by atoms with Gasteiger partial charge in [0.05, 0.1) is 5.69 Å². The van der Waals surface area contributed by atoms with Gasteiger partial charge in [-0.25, -0.2) is 0 Å². The number of aryl methyl sites for hydroxylation is 1. The first-order valence-corrected chi connectivity index (χ1v) is 7.12. The Hall–Kier alpha value is -1.62. The second-order valence-corrected chi connectivity index (χ2v) is 6.50. The van der Waals surface area contributed by atoms with E-state index in [0.29, 0.717) is 17.0 Å². The molecule has 0 saturated heterocycles. The van der Waals surface area contributed by atoms with Crippen LogP contribution in [0, 0.1) is 6.92 Å². The maximum atomic E-state index is 12.5. The highest BCUT2D eigenvalue weighted by Crippen LogP contribution is 2.28. The van der Waals surface area contributed by atoms with E-state index in [1.807, 2.05) is 45.0 Å². The third-order valence-electron chi connectivity index (χ3n) is 2.92. The minimum absolute atomic E-state index is 0.208. The molecule has 1 aromatic heterocycles. The second kappa shape index (κ2) is 5.40. The molecule has 1 amide bonds. The standard InChI is InChI=1S/C15H17BrN2O2/c1-9-12(13(18-20-9)15(2,3)4)14(19)17-11-8-6-5-7-10(11)16/h5-8H,1-4H3,(H,17,19). The SMILES string of the molecule is Cc1onc(C(C)(C)C)c1C(=O)Nc1ccccc1Br.